The smallest absolute Gasteiger partial charge is 0.308 e. The number of hydrogen-bond donors (Lipinski definition) is 0. The fourth-order valence-corrected chi connectivity index (χ4v) is 7.55. The average molecular weight is 613 g/mol. The zero-order chi connectivity index (χ0) is 23.8. The van der Waals surface area contributed by atoms with E-state index >= 15 is 0 Å². The third-order valence-electron chi connectivity index (χ3n) is 7.78. The van der Waals surface area contributed by atoms with E-state index in [1.165, 1.54) is 7.11 Å². The molecule has 0 radical (unpaired) electrons. The van der Waals surface area contributed by atoms with E-state index in [4.69, 9.17) is 49.5 Å². The predicted molar refractivity (Wildman–Crippen MR) is 125 cm³/mol. The van der Waals surface area contributed by atoms with Gasteiger partial charge in [0.1, 0.15) is 30.5 Å². The molecular formula is C23H30ClIO9. The molecule has 0 amide bonds. The molecule has 7 aliphatic heterocycles. The first kappa shape index (κ1) is 24.3. The Labute approximate surface area is 217 Å². The number of fused-ring (bicyclic) bond motifs is 1. The van der Waals surface area contributed by atoms with Gasteiger partial charge in [-0.3, -0.25) is 4.79 Å². The molecule has 7 heterocycles. The van der Waals surface area contributed by atoms with Gasteiger partial charge in [-0.25, -0.2) is 0 Å². The minimum atomic E-state index is -1.10. The molecule has 11 heteroatoms. The summed E-state index contributed by atoms with van der Waals surface area (Å²) in [5.41, 5.74) is 0. The number of hydrogen-bond acceptors (Lipinski definition) is 9. The van der Waals surface area contributed by atoms with E-state index in [1.54, 1.807) is 0 Å². The Morgan fingerprint density at radius 2 is 1.91 bits per heavy atom. The van der Waals surface area contributed by atoms with Gasteiger partial charge in [0.05, 0.1) is 25.7 Å². The Balaban J connectivity index is 1.30. The topological polar surface area (TPSA) is 90.9 Å². The van der Waals surface area contributed by atoms with Gasteiger partial charge in [-0.05, 0) is 58.8 Å². The van der Waals surface area contributed by atoms with Gasteiger partial charge >= 0.3 is 5.97 Å². The molecule has 190 valence electrons. The number of esters is 1. The monoisotopic (exact) mass is 612 g/mol. The molecule has 7 fully saturated rings. The van der Waals surface area contributed by atoms with Crippen molar-refractivity contribution in [3.63, 3.8) is 0 Å². The van der Waals surface area contributed by atoms with Crippen molar-refractivity contribution in [3.8, 4) is 0 Å². The van der Waals surface area contributed by atoms with Gasteiger partial charge in [0.15, 0.2) is 12.4 Å². The first-order valence-corrected chi connectivity index (χ1v) is 13.5. The zero-order valence-corrected chi connectivity index (χ0v) is 22.1. The summed E-state index contributed by atoms with van der Waals surface area (Å²) in [6.07, 6.45) is -0.0893. The molecule has 0 aliphatic carbocycles. The lowest BCUT2D eigenvalue weighted by Gasteiger charge is -2.47. The van der Waals surface area contributed by atoms with Gasteiger partial charge in [0.25, 0.3) is 0 Å². The number of carbonyl (C=O) groups is 1. The molecule has 0 N–H and O–H groups in total. The summed E-state index contributed by atoms with van der Waals surface area (Å²) >= 11 is 8.81. The summed E-state index contributed by atoms with van der Waals surface area (Å²) in [6.45, 7) is 5.81. The summed E-state index contributed by atoms with van der Waals surface area (Å²) in [7, 11) is 1.38. The predicted octanol–water partition coefficient (Wildman–Crippen LogP) is 2.94. The first-order chi connectivity index (χ1) is 16.2. The molecule has 12 atom stereocenters. The van der Waals surface area contributed by atoms with Crippen LogP contribution in [0.15, 0.2) is 10.2 Å². The highest BCUT2D eigenvalue weighted by Crippen LogP contribution is 2.62. The summed E-state index contributed by atoms with van der Waals surface area (Å²) in [6, 6.07) is 0. The van der Waals surface area contributed by atoms with Gasteiger partial charge in [-0.2, -0.15) is 0 Å². The molecule has 1 spiro atoms. The molecule has 7 aliphatic rings. The fraction of sp³-hybridized carbons (Fsp3) is 0.870. The molecule has 0 aromatic heterocycles. The largest absolute Gasteiger partial charge is 0.469 e. The molecule has 0 aromatic rings. The first-order valence-electron chi connectivity index (χ1n) is 12.0. The van der Waals surface area contributed by atoms with Crippen LogP contribution >= 0.6 is 34.2 Å². The molecule has 0 saturated carbocycles. The second kappa shape index (κ2) is 8.76. The Morgan fingerprint density at radius 1 is 1.12 bits per heavy atom. The van der Waals surface area contributed by atoms with Crippen molar-refractivity contribution in [1.82, 2.24) is 0 Å². The average Bonchev–Trinajstić information content (AvgIpc) is 3.29. The van der Waals surface area contributed by atoms with Gasteiger partial charge in [0.2, 0.25) is 11.6 Å². The molecule has 6 bridgehead atoms. The fourth-order valence-electron chi connectivity index (χ4n) is 6.47. The third kappa shape index (κ3) is 3.70. The highest BCUT2D eigenvalue weighted by atomic mass is 127. The van der Waals surface area contributed by atoms with Crippen molar-refractivity contribution in [1.29, 1.82) is 0 Å². The minimum absolute atomic E-state index is 0.112. The highest BCUT2D eigenvalue weighted by molar-refractivity contribution is 14.1. The van der Waals surface area contributed by atoms with Crippen molar-refractivity contribution in [2.45, 2.75) is 118 Å². The van der Waals surface area contributed by atoms with E-state index in [2.05, 4.69) is 29.2 Å². The molecule has 7 saturated heterocycles. The molecule has 0 aromatic carbocycles. The number of carbonyl (C=O) groups excluding carboxylic acids is 1. The Hall–Kier alpha value is -0.0500. The van der Waals surface area contributed by atoms with Crippen LogP contribution in [0.4, 0.5) is 0 Å². The Morgan fingerprint density at radius 3 is 2.68 bits per heavy atom. The molecule has 7 rings (SSSR count). The standard InChI is InChI=1S/C23H30ClIO9/c1-10(25)8-12(24)6-7-22-21-23(31-11(2)28-21)20(34-22)19-18(33-23)17(32-22)16-14(30-19)5-4-13(29-16)9-15(26)27-3/h11-14,16-21H,1,4-9H2,2-3H3/t11-,12+,13+,14-,16-,17?,18-,19?,20-,21-,22+,23?/m0/s1. The number of allylic oxidation sites excluding steroid dienone is 1. The van der Waals surface area contributed by atoms with Crippen LogP contribution in [0, 0.1) is 0 Å². The Kier molecular flexibility index (Phi) is 6.26. The molecule has 3 unspecified atom stereocenters. The number of methoxy groups -OCH3 is 1. The van der Waals surface area contributed by atoms with E-state index in [1.807, 2.05) is 6.92 Å². The van der Waals surface area contributed by atoms with Crippen molar-refractivity contribution in [3.05, 3.63) is 10.2 Å². The quantitative estimate of drug-likeness (QED) is 0.245. The van der Waals surface area contributed by atoms with Crippen LogP contribution in [0.2, 0.25) is 0 Å². The molecular weight excluding hydrogens is 583 g/mol. The highest BCUT2D eigenvalue weighted by Gasteiger charge is 2.82. The van der Waals surface area contributed by atoms with E-state index in [9.17, 15) is 4.79 Å². The second-order valence-corrected chi connectivity index (χ2v) is 12.2. The van der Waals surface area contributed by atoms with E-state index < -0.39 is 48.4 Å². The van der Waals surface area contributed by atoms with Gasteiger partial charge in [-0.1, -0.05) is 6.58 Å². The third-order valence-corrected chi connectivity index (χ3v) is 8.60. The summed E-state index contributed by atoms with van der Waals surface area (Å²) in [5, 5.41) is -0.112. The number of ether oxygens (including phenoxy) is 8. The van der Waals surface area contributed by atoms with Crippen LogP contribution in [0.1, 0.15) is 45.4 Å². The minimum Gasteiger partial charge on any atom is -0.469 e. The van der Waals surface area contributed by atoms with Crippen LogP contribution in [-0.4, -0.2) is 85.2 Å². The second-order valence-electron chi connectivity index (χ2n) is 10.0. The van der Waals surface area contributed by atoms with Crippen LogP contribution in [-0.2, 0) is 42.7 Å². The number of alkyl halides is 1. The Bertz CT molecular complexity index is 860. The summed E-state index contributed by atoms with van der Waals surface area (Å²) in [5.74, 6) is -2.48. The van der Waals surface area contributed by atoms with E-state index in [-0.39, 0.29) is 36.1 Å². The van der Waals surface area contributed by atoms with Gasteiger partial charge < -0.3 is 37.9 Å². The lowest BCUT2D eigenvalue weighted by atomic mass is 9.86. The SMILES string of the molecule is C=C(I)C[C@H](Cl)CC[C@]12OC3[C@@H]4OC5(O[C@@H](C)O[C@H]51)[C@@H](O2)C4O[C@H]1CC[C@H](CC(=O)OC)O[C@H]31. The maximum atomic E-state index is 11.9. The van der Waals surface area contributed by atoms with Crippen LogP contribution < -0.4 is 0 Å². The number of halogens is 2. The molecule has 9 nitrogen and oxygen atoms in total. The van der Waals surface area contributed by atoms with Crippen molar-refractivity contribution in [2.24, 2.45) is 0 Å². The number of rotatable bonds is 7. The normalized spacial score (nSPS) is 51.0. The molecule has 34 heavy (non-hydrogen) atoms. The lowest BCUT2D eigenvalue weighted by Crippen LogP contribution is -2.62. The van der Waals surface area contributed by atoms with Crippen molar-refractivity contribution >= 4 is 40.2 Å². The van der Waals surface area contributed by atoms with Crippen molar-refractivity contribution < 1.29 is 42.7 Å². The van der Waals surface area contributed by atoms with Crippen LogP contribution in [0.3, 0.4) is 0 Å². The van der Waals surface area contributed by atoms with Crippen LogP contribution in [0.25, 0.3) is 0 Å². The van der Waals surface area contributed by atoms with E-state index in [0.29, 0.717) is 25.7 Å². The maximum absolute atomic E-state index is 11.9. The van der Waals surface area contributed by atoms with Crippen molar-refractivity contribution in [2.75, 3.05) is 7.11 Å². The lowest BCUT2D eigenvalue weighted by molar-refractivity contribution is -0.326. The van der Waals surface area contributed by atoms with E-state index in [0.717, 1.165) is 10.0 Å². The summed E-state index contributed by atoms with van der Waals surface area (Å²) < 4.78 is 51.2. The van der Waals surface area contributed by atoms with Gasteiger partial charge in [0, 0.05) is 11.8 Å². The summed E-state index contributed by atoms with van der Waals surface area (Å²) in [4.78, 5) is 11.9. The van der Waals surface area contributed by atoms with Crippen LogP contribution in [0.5, 0.6) is 0 Å². The zero-order valence-electron chi connectivity index (χ0n) is 19.2. The maximum Gasteiger partial charge on any atom is 0.308 e. The van der Waals surface area contributed by atoms with Gasteiger partial charge in [-0.15, -0.1) is 11.6 Å².